The van der Waals surface area contributed by atoms with Crippen molar-refractivity contribution in [3.05, 3.63) is 70.2 Å². The fraction of sp³-hybridized carbons (Fsp3) is 0.250. The first-order valence-corrected chi connectivity index (χ1v) is 11.3. The third-order valence-corrected chi connectivity index (χ3v) is 5.90. The Labute approximate surface area is 195 Å². The van der Waals surface area contributed by atoms with Gasteiger partial charge in [0.05, 0.1) is 27.6 Å². The van der Waals surface area contributed by atoms with Crippen LogP contribution in [-0.2, 0) is 20.9 Å². The first kappa shape index (κ1) is 22.5. The Kier molecular flexibility index (Phi) is 6.69. The average Bonchev–Trinajstić information content (AvgIpc) is 3.16. The molecule has 33 heavy (non-hydrogen) atoms. The summed E-state index contributed by atoms with van der Waals surface area (Å²) in [4.78, 5) is 43.5. The van der Waals surface area contributed by atoms with Crippen LogP contribution >= 0.6 is 11.3 Å². The number of anilines is 2. The molecule has 1 unspecified atom stereocenters. The number of aromatic nitrogens is 1. The van der Waals surface area contributed by atoms with Crippen molar-refractivity contribution >= 4 is 40.5 Å². The summed E-state index contributed by atoms with van der Waals surface area (Å²) < 4.78 is 11.0. The SMILES string of the molecule is Cc1nc(COc2cccc(C(=O)OCC(=O)N3c4ccccc4NC(=O)CC3C)c2)cs1. The lowest BCUT2D eigenvalue weighted by Gasteiger charge is -2.27. The van der Waals surface area contributed by atoms with Gasteiger partial charge >= 0.3 is 5.97 Å². The molecule has 0 radical (unpaired) electrons. The van der Waals surface area contributed by atoms with Crippen LogP contribution in [0.2, 0.25) is 0 Å². The van der Waals surface area contributed by atoms with Crippen LogP contribution in [0, 0.1) is 6.92 Å². The fourth-order valence-corrected chi connectivity index (χ4v) is 4.19. The molecule has 170 valence electrons. The van der Waals surface area contributed by atoms with Crippen LogP contribution in [0.5, 0.6) is 5.75 Å². The van der Waals surface area contributed by atoms with Crippen molar-refractivity contribution in [3.8, 4) is 5.75 Å². The predicted molar refractivity (Wildman–Crippen MR) is 125 cm³/mol. The minimum Gasteiger partial charge on any atom is -0.487 e. The molecule has 0 saturated heterocycles. The third kappa shape index (κ3) is 5.38. The first-order valence-electron chi connectivity index (χ1n) is 10.4. The van der Waals surface area contributed by atoms with E-state index in [1.165, 1.54) is 4.90 Å². The van der Waals surface area contributed by atoms with Gasteiger partial charge in [-0.3, -0.25) is 9.59 Å². The van der Waals surface area contributed by atoms with Crippen molar-refractivity contribution in [2.45, 2.75) is 32.9 Å². The van der Waals surface area contributed by atoms with Crippen LogP contribution in [0.4, 0.5) is 11.4 Å². The first-order chi connectivity index (χ1) is 15.9. The van der Waals surface area contributed by atoms with E-state index in [-0.39, 0.29) is 23.9 Å². The van der Waals surface area contributed by atoms with Crippen LogP contribution in [0.25, 0.3) is 0 Å². The Morgan fingerprint density at radius 3 is 2.82 bits per heavy atom. The van der Waals surface area contributed by atoms with Gasteiger partial charge in [0.15, 0.2) is 6.61 Å². The molecule has 0 fully saturated rings. The van der Waals surface area contributed by atoms with Crippen molar-refractivity contribution in [2.24, 2.45) is 0 Å². The molecule has 8 nitrogen and oxygen atoms in total. The van der Waals surface area contributed by atoms with Gasteiger partial charge in [0.25, 0.3) is 5.91 Å². The van der Waals surface area contributed by atoms with Crippen LogP contribution in [0.1, 0.15) is 34.4 Å². The Bertz CT molecular complexity index is 1190. The lowest BCUT2D eigenvalue weighted by atomic mass is 10.1. The maximum Gasteiger partial charge on any atom is 0.338 e. The number of amides is 2. The zero-order chi connectivity index (χ0) is 23.4. The van der Waals surface area contributed by atoms with E-state index in [1.54, 1.807) is 66.8 Å². The maximum absolute atomic E-state index is 13.0. The standard InChI is InChI=1S/C24H23N3O5S/c1-15-10-22(28)26-20-8-3-4-9-21(20)27(15)23(29)13-32-24(30)17-6-5-7-19(11-17)31-12-18-14-33-16(2)25-18/h3-9,11,14-15H,10,12-13H2,1-2H3,(H,26,28). The van der Waals surface area contributed by atoms with Gasteiger partial charge in [-0.15, -0.1) is 11.3 Å². The lowest BCUT2D eigenvalue weighted by molar-refractivity contribution is -0.122. The minimum absolute atomic E-state index is 0.145. The highest BCUT2D eigenvalue weighted by Crippen LogP contribution is 2.31. The van der Waals surface area contributed by atoms with E-state index >= 15 is 0 Å². The number of rotatable bonds is 6. The summed E-state index contributed by atoms with van der Waals surface area (Å²) in [5, 5.41) is 5.68. The van der Waals surface area contributed by atoms with E-state index < -0.39 is 18.5 Å². The number of thiazole rings is 1. The molecular weight excluding hydrogens is 442 g/mol. The predicted octanol–water partition coefficient (Wildman–Crippen LogP) is 3.95. The molecule has 4 rings (SSSR count). The number of ether oxygens (including phenoxy) is 2. The molecule has 0 bridgehead atoms. The van der Waals surface area contributed by atoms with Gasteiger partial charge < -0.3 is 19.7 Å². The van der Waals surface area contributed by atoms with Gasteiger partial charge in [0.1, 0.15) is 12.4 Å². The average molecular weight is 466 g/mol. The number of benzene rings is 2. The van der Waals surface area contributed by atoms with Crippen LogP contribution in [0.15, 0.2) is 53.9 Å². The molecule has 0 saturated carbocycles. The summed E-state index contributed by atoms with van der Waals surface area (Å²) in [5.74, 6) is -0.720. The summed E-state index contributed by atoms with van der Waals surface area (Å²) in [6, 6.07) is 13.3. The molecule has 0 aliphatic carbocycles. The molecule has 0 spiro atoms. The van der Waals surface area contributed by atoms with E-state index in [9.17, 15) is 14.4 Å². The minimum atomic E-state index is -0.636. The molecule has 1 aromatic heterocycles. The van der Waals surface area contributed by atoms with Crippen molar-refractivity contribution in [3.63, 3.8) is 0 Å². The topological polar surface area (TPSA) is 97.8 Å². The van der Waals surface area contributed by atoms with Gasteiger partial charge in [0.2, 0.25) is 5.91 Å². The molecule has 2 heterocycles. The summed E-state index contributed by atoms with van der Waals surface area (Å²) >= 11 is 1.54. The second-order valence-electron chi connectivity index (χ2n) is 7.63. The molecule has 3 aromatic rings. The normalized spacial score (nSPS) is 15.3. The number of esters is 1. The summed E-state index contributed by atoms with van der Waals surface area (Å²) in [7, 11) is 0. The molecule has 1 aliphatic heterocycles. The Hall–Kier alpha value is -3.72. The summed E-state index contributed by atoms with van der Waals surface area (Å²) in [6.07, 6.45) is 0.145. The monoisotopic (exact) mass is 465 g/mol. The second kappa shape index (κ2) is 9.83. The van der Waals surface area contributed by atoms with Gasteiger partial charge in [-0.05, 0) is 44.2 Å². The zero-order valence-electron chi connectivity index (χ0n) is 18.2. The molecule has 1 atom stereocenters. The van der Waals surface area contributed by atoms with Crippen molar-refractivity contribution in [1.29, 1.82) is 0 Å². The third-order valence-electron chi connectivity index (χ3n) is 5.08. The van der Waals surface area contributed by atoms with Crippen molar-refractivity contribution < 1.29 is 23.9 Å². The van der Waals surface area contributed by atoms with E-state index in [0.717, 1.165) is 10.7 Å². The van der Waals surface area contributed by atoms with Gasteiger partial charge in [-0.1, -0.05) is 18.2 Å². The lowest BCUT2D eigenvalue weighted by Crippen LogP contribution is -2.41. The Balaban J connectivity index is 1.40. The van der Waals surface area contributed by atoms with Gasteiger partial charge in [-0.2, -0.15) is 0 Å². The van der Waals surface area contributed by atoms with Gasteiger partial charge in [0, 0.05) is 17.8 Å². The highest BCUT2D eigenvalue weighted by molar-refractivity contribution is 7.09. The molecular formula is C24H23N3O5S. The molecule has 1 N–H and O–H groups in total. The van der Waals surface area contributed by atoms with E-state index in [0.29, 0.717) is 23.7 Å². The number of hydrogen-bond acceptors (Lipinski definition) is 7. The maximum atomic E-state index is 13.0. The molecule has 1 aliphatic rings. The smallest absolute Gasteiger partial charge is 0.338 e. The number of nitrogens with zero attached hydrogens (tertiary/aromatic N) is 2. The number of carbonyl (C=O) groups excluding carboxylic acids is 3. The Morgan fingerprint density at radius 1 is 1.21 bits per heavy atom. The highest BCUT2D eigenvalue weighted by atomic mass is 32.1. The number of carbonyl (C=O) groups is 3. The van der Waals surface area contributed by atoms with E-state index in [1.807, 2.05) is 12.3 Å². The van der Waals surface area contributed by atoms with Crippen LogP contribution in [0.3, 0.4) is 0 Å². The second-order valence-corrected chi connectivity index (χ2v) is 8.69. The fourth-order valence-electron chi connectivity index (χ4n) is 3.59. The summed E-state index contributed by atoms with van der Waals surface area (Å²) in [6.45, 7) is 3.55. The van der Waals surface area contributed by atoms with Crippen molar-refractivity contribution in [2.75, 3.05) is 16.8 Å². The number of hydrogen-bond donors (Lipinski definition) is 1. The number of fused-ring (bicyclic) bond motifs is 1. The Morgan fingerprint density at radius 2 is 2.03 bits per heavy atom. The number of aryl methyl sites for hydroxylation is 1. The van der Waals surface area contributed by atoms with E-state index in [4.69, 9.17) is 9.47 Å². The highest BCUT2D eigenvalue weighted by Gasteiger charge is 2.30. The number of nitrogens with one attached hydrogen (secondary N) is 1. The molecule has 2 amide bonds. The van der Waals surface area contributed by atoms with Gasteiger partial charge in [-0.25, -0.2) is 9.78 Å². The zero-order valence-corrected chi connectivity index (χ0v) is 19.1. The van der Waals surface area contributed by atoms with E-state index in [2.05, 4.69) is 10.3 Å². The quantitative estimate of drug-likeness (QED) is 0.554. The summed E-state index contributed by atoms with van der Waals surface area (Å²) in [5.41, 5.74) is 2.21. The number of para-hydroxylation sites is 2. The largest absolute Gasteiger partial charge is 0.487 e. The van der Waals surface area contributed by atoms with Crippen LogP contribution in [-0.4, -0.2) is 35.4 Å². The molecule has 2 aromatic carbocycles. The van der Waals surface area contributed by atoms with Crippen LogP contribution < -0.4 is 15.0 Å². The van der Waals surface area contributed by atoms with Crippen molar-refractivity contribution in [1.82, 2.24) is 4.98 Å². The molecule has 9 heteroatoms.